The Kier molecular flexibility index (Phi) is 5.89. The van der Waals surface area contributed by atoms with Gasteiger partial charge in [-0.2, -0.15) is 0 Å². The molecule has 1 atom stereocenters. The molecule has 24 heavy (non-hydrogen) atoms. The van der Waals surface area contributed by atoms with Crippen molar-refractivity contribution in [3.63, 3.8) is 0 Å². The van der Waals surface area contributed by atoms with Crippen LogP contribution in [0.3, 0.4) is 0 Å². The molecule has 0 radical (unpaired) electrons. The summed E-state index contributed by atoms with van der Waals surface area (Å²) in [6, 6.07) is 11.5. The monoisotopic (exact) mass is 345 g/mol. The Morgan fingerprint density at radius 1 is 1.12 bits per heavy atom. The first kappa shape index (κ1) is 18.3. The smallest absolute Gasteiger partial charge is 0.265 e. The van der Waals surface area contributed by atoms with Crippen molar-refractivity contribution in [2.75, 3.05) is 5.32 Å². The van der Waals surface area contributed by atoms with E-state index in [0.29, 0.717) is 16.6 Å². The number of hydrogen-bond donors (Lipinski definition) is 1. The first-order chi connectivity index (χ1) is 11.3. The maximum Gasteiger partial charge on any atom is 0.265 e. The number of benzene rings is 2. The third-order valence-electron chi connectivity index (χ3n) is 3.99. The van der Waals surface area contributed by atoms with E-state index in [1.54, 1.807) is 13.0 Å². The number of carbonyl (C=O) groups excluding carboxylic acids is 1. The third kappa shape index (κ3) is 4.30. The van der Waals surface area contributed by atoms with Crippen molar-refractivity contribution in [2.24, 2.45) is 0 Å². The lowest BCUT2D eigenvalue weighted by Crippen LogP contribution is -2.30. The lowest BCUT2D eigenvalue weighted by atomic mass is 10.0. The number of halogens is 1. The molecule has 0 spiro atoms. The molecule has 1 amide bonds. The molecule has 0 aliphatic rings. The zero-order chi connectivity index (χ0) is 17.9. The molecule has 0 aliphatic carbocycles. The maximum atomic E-state index is 12.5. The van der Waals surface area contributed by atoms with Crippen molar-refractivity contribution in [3.8, 4) is 5.75 Å². The Bertz CT molecular complexity index is 740. The van der Waals surface area contributed by atoms with Gasteiger partial charge in [-0.05, 0) is 61.6 Å². The van der Waals surface area contributed by atoms with Gasteiger partial charge in [0.2, 0.25) is 0 Å². The fourth-order valence-corrected chi connectivity index (χ4v) is 2.62. The number of hydrogen-bond acceptors (Lipinski definition) is 2. The van der Waals surface area contributed by atoms with Crippen LogP contribution in [0.2, 0.25) is 5.02 Å². The van der Waals surface area contributed by atoms with E-state index in [1.165, 1.54) is 0 Å². The van der Waals surface area contributed by atoms with Crippen LogP contribution in [0.1, 0.15) is 43.4 Å². The highest BCUT2D eigenvalue weighted by molar-refractivity contribution is 6.31. The average molecular weight is 346 g/mol. The zero-order valence-corrected chi connectivity index (χ0v) is 15.6. The van der Waals surface area contributed by atoms with Crippen molar-refractivity contribution >= 4 is 23.2 Å². The van der Waals surface area contributed by atoms with E-state index in [-0.39, 0.29) is 5.91 Å². The highest BCUT2D eigenvalue weighted by Crippen LogP contribution is 2.29. The summed E-state index contributed by atoms with van der Waals surface area (Å²) in [6.07, 6.45) is -0.609. The van der Waals surface area contributed by atoms with Gasteiger partial charge < -0.3 is 10.1 Å². The van der Waals surface area contributed by atoms with E-state index >= 15 is 0 Å². The number of nitrogens with one attached hydrogen (secondary N) is 1. The highest BCUT2D eigenvalue weighted by atomic mass is 35.5. The molecule has 4 heteroatoms. The van der Waals surface area contributed by atoms with Gasteiger partial charge in [0.05, 0.1) is 0 Å². The van der Waals surface area contributed by atoms with E-state index in [1.807, 2.05) is 32.0 Å². The van der Waals surface area contributed by atoms with Gasteiger partial charge in [0, 0.05) is 10.7 Å². The van der Waals surface area contributed by atoms with Crippen LogP contribution in [0.15, 0.2) is 36.4 Å². The minimum atomic E-state index is -0.609. The third-order valence-corrected chi connectivity index (χ3v) is 4.40. The summed E-state index contributed by atoms with van der Waals surface area (Å²) in [6.45, 7) is 9.86. The second-order valence-corrected chi connectivity index (χ2v) is 6.76. The molecular formula is C20H24ClNO2. The SMILES string of the molecule is Cc1ccc(C(C)C)c(O[C@H](C)C(=O)Nc2cccc(Cl)c2C)c1. The lowest BCUT2D eigenvalue weighted by Gasteiger charge is -2.20. The van der Waals surface area contributed by atoms with Gasteiger partial charge in [-0.25, -0.2) is 0 Å². The molecule has 0 saturated heterocycles. The quantitative estimate of drug-likeness (QED) is 0.778. The van der Waals surface area contributed by atoms with Crippen LogP contribution >= 0.6 is 11.6 Å². The molecule has 128 valence electrons. The van der Waals surface area contributed by atoms with Crippen LogP contribution in [0.5, 0.6) is 5.75 Å². The van der Waals surface area contributed by atoms with Crippen molar-refractivity contribution in [2.45, 2.75) is 46.6 Å². The summed E-state index contributed by atoms with van der Waals surface area (Å²) < 4.78 is 5.95. The number of ether oxygens (including phenoxy) is 1. The summed E-state index contributed by atoms with van der Waals surface area (Å²) in [5.74, 6) is 0.887. The second-order valence-electron chi connectivity index (χ2n) is 6.36. The van der Waals surface area contributed by atoms with E-state index in [9.17, 15) is 4.79 Å². The van der Waals surface area contributed by atoms with E-state index in [4.69, 9.17) is 16.3 Å². The summed E-state index contributed by atoms with van der Waals surface area (Å²) >= 11 is 6.10. The van der Waals surface area contributed by atoms with E-state index in [2.05, 4.69) is 31.3 Å². The van der Waals surface area contributed by atoms with Gasteiger partial charge in [0.1, 0.15) is 5.75 Å². The average Bonchev–Trinajstić information content (AvgIpc) is 2.51. The minimum absolute atomic E-state index is 0.198. The van der Waals surface area contributed by atoms with Gasteiger partial charge in [-0.15, -0.1) is 0 Å². The van der Waals surface area contributed by atoms with Crippen molar-refractivity contribution in [1.29, 1.82) is 0 Å². The molecule has 2 aromatic rings. The topological polar surface area (TPSA) is 38.3 Å². The Morgan fingerprint density at radius 2 is 1.83 bits per heavy atom. The molecular weight excluding hydrogens is 322 g/mol. The molecule has 0 fully saturated rings. The molecule has 0 heterocycles. The van der Waals surface area contributed by atoms with Gasteiger partial charge in [-0.1, -0.05) is 43.6 Å². The van der Waals surface area contributed by atoms with Crippen molar-refractivity contribution in [1.82, 2.24) is 0 Å². The number of carbonyl (C=O) groups is 1. The van der Waals surface area contributed by atoms with Gasteiger partial charge in [0.15, 0.2) is 6.10 Å². The minimum Gasteiger partial charge on any atom is -0.481 e. The maximum absolute atomic E-state index is 12.5. The Balaban J connectivity index is 2.15. The molecule has 3 nitrogen and oxygen atoms in total. The standard InChI is InChI=1S/C20H24ClNO2/c1-12(2)16-10-9-13(3)11-19(16)24-15(5)20(23)22-18-8-6-7-17(21)14(18)4/h6-12,15H,1-5H3,(H,22,23)/t15-/m1/s1. The Morgan fingerprint density at radius 3 is 2.50 bits per heavy atom. The van der Waals surface area contributed by atoms with Gasteiger partial charge >= 0.3 is 0 Å². The summed E-state index contributed by atoms with van der Waals surface area (Å²) in [4.78, 5) is 12.5. The predicted molar refractivity (Wildman–Crippen MR) is 100 cm³/mol. The first-order valence-electron chi connectivity index (χ1n) is 8.12. The largest absolute Gasteiger partial charge is 0.481 e. The molecule has 1 N–H and O–H groups in total. The molecule has 0 bridgehead atoms. The zero-order valence-electron chi connectivity index (χ0n) is 14.8. The Labute approximate surface area is 149 Å². The van der Waals surface area contributed by atoms with Crippen LogP contribution in [-0.4, -0.2) is 12.0 Å². The summed E-state index contributed by atoms with van der Waals surface area (Å²) in [5, 5.41) is 3.51. The van der Waals surface area contributed by atoms with E-state index in [0.717, 1.165) is 22.4 Å². The van der Waals surface area contributed by atoms with Crippen LogP contribution < -0.4 is 10.1 Å². The van der Waals surface area contributed by atoms with Crippen molar-refractivity contribution < 1.29 is 9.53 Å². The Hall–Kier alpha value is -2.00. The van der Waals surface area contributed by atoms with E-state index < -0.39 is 6.10 Å². The second kappa shape index (κ2) is 7.71. The van der Waals surface area contributed by atoms with Gasteiger partial charge in [0.25, 0.3) is 5.91 Å². The molecule has 2 rings (SSSR count). The molecule has 0 unspecified atom stereocenters. The molecule has 0 aromatic heterocycles. The van der Waals surface area contributed by atoms with Crippen LogP contribution in [0, 0.1) is 13.8 Å². The van der Waals surface area contributed by atoms with Crippen LogP contribution in [0.4, 0.5) is 5.69 Å². The fourth-order valence-electron chi connectivity index (χ4n) is 2.44. The normalized spacial score (nSPS) is 12.1. The summed E-state index contributed by atoms with van der Waals surface area (Å²) in [5.41, 5.74) is 3.75. The summed E-state index contributed by atoms with van der Waals surface area (Å²) in [7, 11) is 0. The van der Waals surface area contributed by atoms with Crippen LogP contribution in [-0.2, 0) is 4.79 Å². The van der Waals surface area contributed by atoms with Crippen LogP contribution in [0.25, 0.3) is 0 Å². The first-order valence-corrected chi connectivity index (χ1v) is 8.50. The number of anilines is 1. The lowest BCUT2D eigenvalue weighted by molar-refractivity contribution is -0.122. The number of aryl methyl sites for hydroxylation is 1. The van der Waals surface area contributed by atoms with Gasteiger partial charge in [-0.3, -0.25) is 4.79 Å². The molecule has 0 saturated carbocycles. The molecule has 2 aromatic carbocycles. The van der Waals surface area contributed by atoms with Crippen molar-refractivity contribution in [3.05, 3.63) is 58.1 Å². The predicted octanol–water partition coefficient (Wildman–Crippen LogP) is 5.49. The highest BCUT2D eigenvalue weighted by Gasteiger charge is 2.18. The fraction of sp³-hybridized carbons (Fsp3) is 0.350. The number of rotatable bonds is 5. The molecule has 0 aliphatic heterocycles. The number of amides is 1.